The van der Waals surface area contributed by atoms with Gasteiger partial charge in [-0.1, -0.05) is 6.07 Å². The van der Waals surface area contributed by atoms with Gasteiger partial charge in [0.25, 0.3) is 5.91 Å². The average Bonchev–Trinajstić information content (AvgIpc) is 2.83. The smallest absolute Gasteiger partial charge is 0.260 e. The summed E-state index contributed by atoms with van der Waals surface area (Å²) in [4.78, 5) is 16.5. The van der Waals surface area contributed by atoms with Gasteiger partial charge in [-0.05, 0) is 61.0 Å². The second-order valence-corrected chi connectivity index (χ2v) is 7.59. The van der Waals surface area contributed by atoms with Gasteiger partial charge in [0.2, 0.25) is 0 Å². The number of rotatable bonds is 6. The van der Waals surface area contributed by atoms with Crippen molar-refractivity contribution < 1.29 is 18.7 Å². The molecule has 0 bridgehead atoms. The van der Waals surface area contributed by atoms with Crippen LogP contribution in [0, 0.1) is 12.7 Å². The highest BCUT2D eigenvalue weighted by Crippen LogP contribution is 2.28. The number of ether oxygens (including phenoxy) is 2. The van der Waals surface area contributed by atoms with E-state index in [0.29, 0.717) is 43.4 Å². The number of anilines is 1. The fourth-order valence-electron chi connectivity index (χ4n) is 3.58. The number of aryl methyl sites for hydroxylation is 1. The molecule has 0 N–H and O–H groups in total. The number of hydrogen-bond acceptors (Lipinski definition) is 6. The van der Waals surface area contributed by atoms with Crippen LogP contribution in [0.4, 0.5) is 10.2 Å². The van der Waals surface area contributed by atoms with E-state index >= 15 is 0 Å². The van der Waals surface area contributed by atoms with Crippen molar-refractivity contribution in [3.8, 4) is 22.8 Å². The number of methoxy groups -OCH3 is 1. The van der Waals surface area contributed by atoms with Crippen molar-refractivity contribution in [1.82, 2.24) is 15.1 Å². The third kappa shape index (κ3) is 4.96. The fourth-order valence-corrected chi connectivity index (χ4v) is 3.58. The summed E-state index contributed by atoms with van der Waals surface area (Å²) in [7, 11) is 1.58. The van der Waals surface area contributed by atoms with E-state index in [9.17, 15) is 9.18 Å². The van der Waals surface area contributed by atoms with E-state index in [4.69, 9.17) is 9.47 Å². The van der Waals surface area contributed by atoms with Crippen molar-refractivity contribution in [1.29, 1.82) is 0 Å². The first kappa shape index (κ1) is 21.5. The van der Waals surface area contributed by atoms with Gasteiger partial charge in [0.15, 0.2) is 23.9 Å². The Morgan fingerprint density at radius 2 is 1.72 bits per heavy atom. The predicted octanol–water partition coefficient (Wildman–Crippen LogP) is 3.33. The number of carbonyl (C=O) groups excluding carboxylic acids is 1. The van der Waals surface area contributed by atoms with E-state index < -0.39 is 0 Å². The lowest BCUT2D eigenvalue weighted by atomic mass is 10.1. The van der Waals surface area contributed by atoms with Gasteiger partial charge in [0.05, 0.1) is 12.8 Å². The molecular formula is C24H25FN4O3. The van der Waals surface area contributed by atoms with Crippen molar-refractivity contribution in [2.24, 2.45) is 0 Å². The van der Waals surface area contributed by atoms with E-state index in [1.165, 1.54) is 12.1 Å². The molecule has 1 aromatic heterocycles. The molecular weight excluding hydrogens is 411 g/mol. The third-order valence-electron chi connectivity index (χ3n) is 5.42. The molecule has 0 unspecified atom stereocenters. The molecule has 0 spiro atoms. The monoisotopic (exact) mass is 436 g/mol. The zero-order chi connectivity index (χ0) is 22.5. The van der Waals surface area contributed by atoms with Crippen LogP contribution in [0.25, 0.3) is 11.3 Å². The molecule has 0 saturated carbocycles. The molecule has 166 valence electrons. The number of hydrogen-bond donors (Lipinski definition) is 0. The molecule has 7 nitrogen and oxygen atoms in total. The summed E-state index contributed by atoms with van der Waals surface area (Å²) in [5.41, 5.74) is 2.56. The maximum absolute atomic E-state index is 13.1. The van der Waals surface area contributed by atoms with Gasteiger partial charge in [0.1, 0.15) is 5.82 Å². The first-order valence-corrected chi connectivity index (χ1v) is 10.4. The van der Waals surface area contributed by atoms with Crippen LogP contribution in [-0.4, -0.2) is 60.9 Å². The summed E-state index contributed by atoms with van der Waals surface area (Å²) in [5, 5.41) is 8.58. The molecule has 1 aliphatic rings. The van der Waals surface area contributed by atoms with Crippen LogP contribution >= 0.6 is 0 Å². The molecule has 3 aromatic rings. The van der Waals surface area contributed by atoms with Gasteiger partial charge < -0.3 is 19.3 Å². The van der Waals surface area contributed by atoms with E-state index in [-0.39, 0.29) is 18.3 Å². The first-order valence-electron chi connectivity index (χ1n) is 10.4. The lowest BCUT2D eigenvalue weighted by Gasteiger charge is -2.35. The Kier molecular flexibility index (Phi) is 6.49. The highest BCUT2D eigenvalue weighted by molar-refractivity contribution is 5.78. The van der Waals surface area contributed by atoms with E-state index in [1.54, 1.807) is 24.1 Å². The molecule has 1 aliphatic heterocycles. The molecule has 4 rings (SSSR count). The number of carbonyl (C=O) groups is 1. The Hall–Kier alpha value is -3.68. The van der Waals surface area contributed by atoms with Crippen molar-refractivity contribution in [2.75, 3.05) is 44.8 Å². The Bertz CT molecular complexity index is 1070. The highest BCUT2D eigenvalue weighted by atomic mass is 19.1. The topological polar surface area (TPSA) is 67.8 Å². The summed E-state index contributed by atoms with van der Waals surface area (Å²) in [6, 6.07) is 15.5. The third-order valence-corrected chi connectivity index (χ3v) is 5.42. The van der Waals surface area contributed by atoms with Gasteiger partial charge >= 0.3 is 0 Å². The maximum atomic E-state index is 13.1. The van der Waals surface area contributed by atoms with Crippen molar-refractivity contribution in [2.45, 2.75) is 6.92 Å². The SMILES string of the molecule is COc1cc(C)ccc1OCC(=O)N1CCN(c2ccc(-c3ccc(F)cc3)nn2)CC1. The Morgan fingerprint density at radius 3 is 2.38 bits per heavy atom. The summed E-state index contributed by atoms with van der Waals surface area (Å²) < 4.78 is 24.1. The van der Waals surface area contributed by atoms with E-state index in [1.807, 2.05) is 37.3 Å². The summed E-state index contributed by atoms with van der Waals surface area (Å²) in [5.74, 6) is 1.58. The van der Waals surface area contributed by atoms with Crippen molar-refractivity contribution in [3.05, 3.63) is 66.0 Å². The first-order chi connectivity index (χ1) is 15.5. The average molecular weight is 436 g/mol. The Balaban J connectivity index is 1.30. The van der Waals surface area contributed by atoms with E-state index in [2.05, 4.69) is 15.1 Å². The zero-order valence-electron chi connectivity index (χ0n) is 18.1. The van der Waals surface area contributed by atoms with Crippen molar-refractivity contribution in [3.63, 3.8) is 0 Å². The van der Waals surface area contributed by atoms with E-state index in [0.717, 1.165) is 16.9 Å². The lowest BCUT2D eigenvalue weighted by Crippen LogP contribution is -2.50. The Labute approximate surface area is 186 Å². The molecule has 1 saturated heterocycles. The molecule has 1 amide bonds. The van der Waals surface area contributed by atoms with Crippen LogP contribution in [0.3, 0.4) is 0 Å². The van der Waals surface area contributed by atoms with Crippen LogP contribution in [0.1, 0.15) is 5.56 Å². The zero-order valence-corrected chi connectivity index (χ0v) is 18.1. The van der Waals surface area contributed by atoms with Crippen LogP contribution in [0.5, 0.6) is 11.5 Å². The van der Waals surface area contributed by atoms with Crippen LogP contribution < -0.4 is 14.4 Å². The Morgan fingerprint density at radius 1 is 0.969 bits per heavy atom. The van der Waals surface area contributed by atoms with Gasteiger partial charge in [-0.25, -0.2) is 4.39 Å². The minimum absolute atomic E-state index is 0.0361. The molecule has 2 aromatic carbocycles. The molecule has 0 atom stereocenters. The highest BCUT2D eigenvalue weighted by Gasteiger charge is 2.23. The number of aromatic nitrogens is 2. The number of halogens is 1. The molecule has 0 radical (unpaired) electrons. The van der Waals surface area contributed by atoms with Gasteiger partial charge in [-0.2, -0.15) is 0 Å². The molecule has 0 aliphatic carbocycles. The molecule has 32 heavy (non-hydrogen) atoms. The summed E-state index contributed by atoms with van der Waals surface area (Å²) in [6.07, 6.45) is 0. The predicted molar refractivity (Wildman–Crippen MR) is 119 cm³/mol. The molecule has 1 fully saturated rings. The van der Waals surface area contributed by atoms with Gasteiger partial charge in [-0.15, -0.1) is 10.2 Å². The van der Waals surface area contributed by atoms with Crippen LogP contribution in [0.2, 0.25) is 0 Å². The molecule has 8 heteroatoms. The van der Waals surface area contributed by atoms with Gasteiger partial charge in [0, 0.05) is 31.7 Å². The largest absolute Gasteiger partial charge is 0.493 e. The quantitative estimate of drug-likeness (QED) is 0.591. The number of piperazine rings is 1. The minimum atomic E-state index is -0.283. The summed E-state index contributed by atoms with van der Waals surface area (Å²) >= 11 is 0. The molecule has 2 heterocycles. The maximum Gasteiger partial charge on any atom is 0.260 e. The second kappa shape index (κ2) is 9.64. The fraction of sp³-hybridized carbons (Fsp3) is 0.292. The van der Waals surface area contributed by atoms with Crippen LogP contribution in [0.15, 0.2) is 54.6 Å². The standard InChI is InChI=1S/C24H25FN4O3/c1-17-3-9-21(22(15-17)31-2)32-16-24(30)29-13-11-28(12-14-29)23-10-8-20(26-27-23)18-4-6-19(25)7-5-18/h3-10,15H,11-14,16H2,1-2H3. The number of nitrogens with zero attached hydrogens (tertiary/aromatic N) is 4. The van der Waals surface area contributed by atoms with Crippen molar-refractivity contribution >= 4 is 11.7 Å². The second-order valence-electron chi connectivity index (χ2n) is 7.59. The number of amides is 1. The number of benzene rings is 2. The van der Waals surface area contributed by atoms with Crippen LogP contribution in [-0.2, 0) is 4.79 Å². The normalized spacial score (nSPS) is 13.7. The summed E-state index contributed by atoms with van der Waals surface area (Å²) in [6.45, 7) is 4.40. The van der Waals surface area contributed by atoms with Gasteiger partial charge in [-0.3, -0.25) is 4.79 Å². The lowest BCUT2D eigenvalue weighted by molar-refractivity contribution is -0.133. The minimum Gasteiger partial charge on any atom is -0.493 e.